The van der Waals surface area contributed by atoms with Crippen molar-refractivity contribution < 1.29 is 8.42 Å². The number of imidazole rings is 1. The van der Waals surface area contributed by atoms with E-state index < -0.39 is 9.84 Å². The van der Waals surface area contributed by atoms with Gasteiger partial charge in [-0.1, -0.05) is 0 Å². The zero-order valence-electron chi connectivity index (χ0n) is 8.26. The van der Waals surface area contributed by atoms with Crippen LogP contribution in [0.2, 0.25) is 0 Å². The Morgan fingerprint density at radius 1 is 1.60 bits per heavy atom. The summed E-state index contributed by atoms with van der Waals surface area (Å²) in [4.78, 5) is 4.00. The summed E-state index contributed by atoms with van der Waals surface area (Å²) in [6, 6.07) is 0.0139. The average molecular weight is 249 g/mol. The minimum absolute atomic E-state index is 0.0139. The number of halogens is 1. The van der Waals surface area contributed by atoms with Crippen molar-refractivity contribution in [3.05, 3.63) is 18.2 Å². The van der Waals surface area contributed by atoms with E-state index in [1.165, 1.54) is 0 Å². The Morgan fingerprint density at radius 2 is 2.40 bits per heavy atom. The molecule has 0 spiro atoms. The molecule has 0 aromatic carbocycles. The van der Waals surface area contributed by atoms with Gasteiger partial charge in [0.05, 0.1) is 29.4 Å². The fourth-order valence-corrected chi connectivity index (χ4v) is 3.88. The summed E-state index contributed by atoms with van der Waals surface area (Å²) in [6.07, 6.45) is 4.98. The van der Waals surface area contributed by atoms with E-state index in [0.717, 1.165) is 18.5 Å². The summed E-state index contributed by atoms with van der Waals surface area (Å²) < 4.78 is 24.9. The van der Waals surface area contributed by atoms with Crippen LogP contribution in [0.4, 0.5) is 0 Å². The first-order chi connectivity index (χ1) is 7.12. The fourth-order valence-electron chi connectivity index (χ4n) is 1.98. The van der Waals surface area contributed by atoms with Crippen molar-refractivity contribution in [3.8, 4) is 0 Å². The molecule has 0 radical (unpaired) electrons. The molecule has 1 unspecified atom stereocenters. The van der Waals surface area contributed by atoms with Crippen LogP contribution in [0.1, 0.15) is 24.6 Å². The molecule has 1 fully saturated rings. The maximum absolute atomic E-state index is 11.5. The lowest BCUT2D eigenvalue weighted by Crippen LogP contribution is -2.27. The lowest BCUT2D eigenvalue weighted by Gasteiger charge is -2.24. The predicted octanol–water partition coefficient (Wildman–Crippen LogP) is 1.37. The summed E-state index contributed by atoms with van der Waals surface area (Å²) in [5, 5.41) is 0. The van der Waals surface area contributed by atoms with Crippen LogP contribution in [0, 0.1) is 0 Å². The van der Waals surface area contributed by atoms with Gasteiger partial charge in [-0.3, -0.25) is 0 Å². The third-order valence-electron chi connectivity index (χ3n) is 2.72. The van der Waals surface area contributed by atoms with Gasteiger partial charge in [0, 0.05) is 12.2 Å². The van der Waals surface area contributed by atoms with Crippen LogP contribution < -0.4 is 0 Å². The zero-order chi connectivity index (χ0) is 10.9. The monoisotopic (exact) mass is 248 g/mol. The highest BCUT2D eigenvalue weighted by Gasteiger charge is 2.26. The first-order valence-corrected chi connectivity index (χ1v) is 7.25. The van der Waals surface area contributed by atoms with Gasteiger partial charge in [0.1, 0.15) is 0 Å². The minimum Gasteiger partial charge on any atom is -0.329 e. The number of hydrogen-bond donors (Lipinski definition) is 0. The molecule has 0 bridgehead atoms. The van der Waals surface area contributed by atoms with E-state index in [2.05, 4.69) is 4.98 Å². The molecule has 0 N–H and O–H groups in total. The van der Waals surface area contributed by atoms with Gasteiger partial charge in [0.2, 0.25) is 0 Å². The van der Waals surface area contributed by atoms with Crippen LogP contribution in [-0.2, 0) is 15.7 Å². The molecule has 0 amide bonds. The molecule has 6 heteroatoms. The van der Waals surface area contributed by atoms with Crippen molar-refractivity contribution in [1.82, 2.24) is 9.55 Å². The number of aromatic nitrogens is 2. The Bertz CT molecular complexity index is 441. The number of sulfone groups is 1. The second-order valence-electron chi connectivity index (χ2n) is 3.84. The summed E-state index contributed by atoms with van der Waals surface area (Å²) >= 11 is 5.75. The Balaban J connectivity index is 2.24. The third kappa shape index (κ3) is 2.34. The first-order valence-electron chi connectivity index (χ1n) is 4.89. The Morgan fingerprint density at radius 3 is 3.07 bits per heavy atom. The van der Waals surface area contributed by atoms with Gasteiger partial charge in [0.15, 0.2) is 9.84 Å². The lowest BCUT2D eigenvalue weighted by atomic mass is 10.2. The summed E-state index contributed by atoms with van der Waals surface area (Å²) in [7, 11) is -2.87. The van der Waals surface area contributed by atoms with Gasteiger partial charge in [-0.15, -0.1) is 11.6 Å². The molecule has 1 saturated heterocycles. The van der Waals surface area contributed by atoms with E-state index in [1.807, 2.05) is 4.57 Å². The van der Waals surface area contributed by atoms with Crippen molar-refractivity contribution in [2.24, 2.45) is 0 Å². The SMILES string of the molecule is O=S1(=O)CCCC(n2cncc2CCl)C1. The molecule has 0 saturated carbocycles. The van der Waals surface area contributed by atoms with E-state index in [9.17, 15) is 8.42 Å². The van der Waals surface area contributed by atoms with Gasteiger partial charge < -0.3 is 4.57 Å². The second-order valence-corrected chi connectivity index (χ2v) is 6.33. The lowest BCUT2D eigenvalue weighted by molar-refractivity contribution is 0.463. The van der Waals surface area contributed by atoms with Crippen LogP contribution >= 0.6 is 11.6 Å². The molecule has 1 aliphatic rings. The first kappa shape index (κ1) is 11.0. The highest BCUT2D eigenvalue weighted by atomic mass is 35.5. The van der Waals surface area contributed by atoms with Crippen LogP contribution in [-0.4, -0.2) is 29.5 Å². The van der Waals surface area contributed by atoms with E-state index in [1.54, 1.807) is 12.5 Å². The highest BCUT2D eigenvalue weighted by molar-refractivity contribution is 7.91. The maximum atomic E-state index is 11.5. The number of rotatable bonds is 2. The molecule has 15 heavy (non-hydrogen) atoms. The summed E-state index contributed by atoms with van der Waals surface area (Å²) in [6.45, 7) is 0. The van der Waals surface area contributed by atoms with Crippen LogP contribution in [0.25, 0.3) is 0 Å². The minimum atomic E-state index is -2.87. The Kier molecular flexibility index (Phi) is 3.02. The second kappa shape index (κ2) is 4.14. The number of hydrogen-bond acceptors (Lipinski definition) is 3. The standard InChI is InChI=1S/C9H13ClN2O2S/c10-4-9-5-11-7-12(9)8-2-1-3-15(13,14)6-8/h5,7-8H,1-4,6H2. The van der Waals surface area contributed by atoms with Crippen LogP contribution in [0.3, 0.4) is 0 Å². The topological polar surface area (TPSA) is 52.0 Å². The van der Waals surface area contributed by atoms with E-state index in [-0.39, 0.29) is 11.8 Å². The molecular formula is C9H13ClN2O2S. The van der Waals surface area contributed by atoms with Gasteiger partial charge in [0.25, 0.3) is 0 Å². The fraction of sp³-hybridized carbons (Fsp3) is 0.667. The molecule has 2 rings (SSSR count). The van der Waals surface area contributed by atoms with Crippen LogP contribution in [0.5, 0.6) is 0 Å². The largest absolute Gasteiger partial charge is 0.329 e. The predicted molar refractivity (Wildman–Crippen MR) is 58.7 cm³/mol. The number of nitrogens with zero attached hydrogens (tertiary/aromatic N) is 2. The van der Waals surface area contributed by atoms with Crippen molar-refractivity contribution in [2.45, 2.75) is 24.8 Å². The third-order valence-corrected chi connectivity index (χ3v) is 4.79. The maximum Gasteiger partial charge on any atom is 0.152 e. The van der Waals surface area contributed by atoms with E-state index >= 15 is 0 Å². The van der Waals surface area contributed by atoms with E-state index in [0.29, 0.717) is 11.6 Å². The molecule has 1 aliphatic heterocycles. The van der Waals surface area contributed by atoms with Gasteiger partial charge in [-0.2, -0.15) is 0 Å². The smallest absolute Gasteiger partial charge is 0.152 e. The zero-order valence-corrected chi connectivity index (χ0v) is 9.84. The molecule has 4 nitrogen and oxygen atoms in total. The highest BCUT2D eigenvalue weighted by Crippen LogP contribution is 2.24. The van der Waals surface area contributed by atoms with Gasteiger partial charge >= 0.3 is 0 Å². The molecule has 84 valence electrons. The summed E-state index contributed by atoms with van der Waals surface area (Å²) in [5.41, 5.74) is 0.888. The van der Waals surface area contributed by atoms with Crippen molar-refractivity contribution >= 4 is 21.4 Å². The van der Waals surface area contributed by atoms with Crippen LogP contribution in [0.15, 0.2) is 12.5 Å². The Hall–Kier alpha value is -0.550. The van der Waals surface area contributed by atoms with Gasteiger partial charge in [-0.05, 0) is 12.8 Å². The molecule has 1 atom stereocenters. The normalized spacial score (nSPS) is 25.3. The molecule has 1 aromatic rings. The quantitative estimate of drug-likeness (QED) is 0.743. The molecular weight excluding hydrogens is 236 g/mol. The summed E-state index contributed by atoms with van der Waals surface area (Å²) in [5.74, 6) is 0.901. The number of alkyl halides is 1. The molecule has 2 heterocycles. The molecule has 1 aromatic heterocycles. The average Bonchev–Trinajstić information content (AvgIpc) is 2.63. The van der Waals surface area contributed by atoms with Crippen molar-refractivity contribution in [3.63, 3.8) is 0 Å². The van der Waals surface area contributed by atoms with E-state index in [4.69, 9.17) is 11.6 Å². The van der Waals surface area contributed by atoms with Crippen molar-refractivity contribution in [1.29, 1.82) is 0 Å². The molecule has 0 aliphatic carbocycles. The van der Waals surface area contributed by atoms with Crippen molar-refractivity contribution in [2.75, 3.05) is 11.5 Å². The van der Waals surface area contributed by atoms with Gasteiger partial charge in [-0.25, -0.2) is 13.4 Å². The Labute approximate surface area is 94.2 Å².